The molecule has 0 bridgehead atoms. The van der Waals surface area contributed by atoms with Gasteiger partial charge in [-0.05, 0) is 31.4 Å². The Balaban J connectivity index is 1.89. The number of aryl methyl sites for hydroxylation is 2. The molecule has 0 amide bonds. The molecule has 4 aromatic rings. The standard InChI is InChI=1S/C26H34N4O2/c1-4-7-9-15-22-28-25-24(26-27-19-13-11-12-14-20(19)30(22)26)21(18-29(25)17-6-3)32-23(31)16-10-8-5-2/h11-14,18H,4-10,15-17H2,1-3H3. The second kappa shape index (κ2) is 10.2. The molecule has 4 rings (SSSR count). The second-order valence-electron chi connectivity index (χ2n) is 8.56. The number of unbranched alkanes of at least 4 members (excludes halogenated alkanes) is 4. The van der Waals surface area contributed by atoms with E-state index in [1.807, 2.05) is 24.4 Å². The lowest BCUT2D eigenvalue weighted by Crippen LogP contribution is -2.08. The van der Waals surface area contributed by atoms with Gasteiger partial charge in [-0.3, -0.25) is 9.20 Å². The molecule has 0 radical (unpaired) electrons. The van der Waals surface area contributed by atoms with E-state index in [0.717, 1.165) is 78.6 Å². The number of carbonyl (C=O) groups is 1. The van der Waals surface area contributed by atoms with Crippen LogP contribution >= 0.6 is 0 Å². The number of aromatic nitrogens is 4. The van der Waals surface area contributed by atoms with Gasteiger partial charge in [0.1, 0.15) is 16.9 Å². The summed E-state index contributed by atoms with van der Waals surface area (Å²) in [7, 11) is 0. The van der Waals surface area contributed by atoms with E-state index < -0.39 is 0 Å². The number of rotatable bonds is 11. The van der Waals surface area contributed by atoms with Crippen LogP contribution in [0.15, 0.2) is 30.5 Å². The number of carbonyl (C=O) groups excluding carboxylic acids is 1. The van der Waals surface area contributed by atoms with Crippen molar-refractivity contribution in [1.82, 2.24) is 18.9 Å². The van der Waals surface area contributed by atoms with Crippen molar-refractivity contribution >= 4 is 33.7 Å². The molecule has 0 spiro atoms. The minimum Gasteiger partial charge on any atom is -0.424 e. The summed E-state index contributed by atoms with van der Waals surface area (Å²) in [5, 5.41) is 0.831. The van der Waals surface area contributed by atoms with Crippen LogP contribution in [0.1, 0.15) is 78.0 Å². The summed E-state index contributed by atoms with van der Waals surface area (Å²) in [6.45, 7) is 7.31. The third kappa shape index (κ3) is 4.36. The fourth-order valence-corrected chi connectivity index (χ4v) is 4.36. The molecule has 6 nitrogen and oxygen atoms in total. The third-order valence-corrected chi connectivity index (χ3v) is 5.97. The molecule has 3 heterocycles. The quantitative estimate of drug-likeness (QED) is 0.201. The molecule has 170 valence electrons. The van der Waals surface area contributed by atoms with Gasteiger partial charge < -0.3 is 9.30 Å². The van der Waals surface area contributed by atoms with Gasteiger partial charge in [0.25, 0.3) is 0 Å². The topological polar surface area (TPSA) is 61.4 Å². The molecule has 0 aliphatic heterocycles. The molecule has 3 aromatic heterocycles. The van der Waals surface area contributed by atoms with Gasteiger partial charge in [-0.2, -0.15) is 0 Å². The highest BCUT2D eigenvalue weighted by molar-refractivity contribution is 6.00. The number of fused-ring (bicyclic) bond motifs is 5. The van der Waals surface area contributed by atoms with Crippen molar-refractivity contribution in [2.75, 3.05) is 0 Å². The lowest BCUT2D eigenvalue weighted by atomic mass is 10.2. The van der Waals surface area contributed by atoms with Crippen molar-refractivity contribution < 1.29 is 9.53 Å². The van der Waals surface area contributed by atoms with Crippen LogP contribution in [0.2, 0.25) is 0 Å². The number of nitrogens with zero attached hydrogens (tertiary/aromatic N) is 4. The highest BCUT2D eigenvalue weighted by Gasteiger charge is 2.22. The average Bonchev–Trinajstić information content (AvgIpc) is 3.33. The number of para-hydroxylation sites is 2. The van der Waals surface area contributed by atoms with Crippen LogP contribution in [0.5, 0.6) is 5.75 Å². The first kappa shape index (κ1) is 22.3. The Morgan fingerprint density at radius 3 is 2.50 bits per heavy atom. The van der Waals surface area contributed by atoms with Gasteiger partial charge in [0, 0.05) is 25.6 Å². The number of esters is 1. The number of ether oxygens (including phenoxy) is 1. The lowest BCUT2D eigenvalue weighted by Gasteiger charge is -2.09. The molecular formula is C26H34N4O2. The predicted molar refractivity (Wildman–Crippen MR) is 129 cm³/mol. The maximum Gasteiger partial charge on any atom is 0.311 e. The zero-order valence-corrected chi connectivity index (χ0v) is 19.6. The molecule has 32 heavy (non-hydrogen) atoms. The van der Waals surface area contributed by atoms with Gasteiger partial charge in [-0.25, -0.2) is 9.97 Å². The first-order chi connectivity index (χ1) is 15.7. The van der Waals surface area contributed by atoms with Crippen LogP contribution in [-0.2, 0) is 17.8 Å². The van der Waals surface area contributed by atoms with E-state index in [1.165, 1.54) is 12.8 Å². The monoisotopic (exact) mass is 434 g/mol. The maximum atomic E-state index is 12.6. The Bertz CT molecular complexity index is 1220. The highest BCUT2D eigenvalue weighted by Crippen LogP contribution is 2.34. The van der Waals surface area contributed by atoms with Crippen LogP contribution in [-0.4, -0.2) is 24.9 Å². The van der Waals surface area contributed by atoms with E-state index in [1.54, 1.807) is 0 Å². The zero-order valence-electron chi connectivity index (χ0n) is 19.6. The molecule has 0 atom stereocenters. The normalized spacial score (nSPS) is 11.7. The molecule has 0 fully saturated rings. The first-order valence-corrected chi connectivity index (χ1v) is 12.2. The molecule has 0 aliphatic carbocycles. The molecule has 0 aliphatic rings. The van der Waals surface area contributed by atoms with Gasteiger partial charge >= 0.3 is 5.97 Å². The van der Waals surface area contributed by atoms with E-state index >= 15 is 0 Å². The Labute approximate surface area is 189 Å². The van der Waals surface area contributed by atoms with Crippen LogP contribution in [0, 0.1) is 0 Å². The van der Waals surface area contributed by atoms with Gasteiger partial charge in [0.15, 0.2) is 11.4 Å². The molecular weight excluding hydrogens is 400 g/mol. The summed E-state index contributed by atoms with van der Waals surface area (Å²) in [4.78, 5) is 22.7. The van der Waals surface area contributed by atoms with Crippen molar-refractivity contribution in [2.45, 2.75) is 85.1 Å². The molecule has 0 saturated heterocycles. The van der Waals surface area contributed by atoms with Crippen molar-refractivity contribution in [3.8, 4) is 5.75 Å². The predicted octanol–water partition coefficient (Wildman–Crippen LogP) is 6.47. The van der Waals surface area contributed by atoms with E-state index in [-0.39, 0.29) is 5.97 Å². The summed E-state index contributed by atoms with van der Waals surface area (Å²) >= 11 is 0. The number of benzene rings is 1. The Kier molecular flexibility index (Phi) is 7.08. The highest BCUT2D eigenvalue weighted by atomic mass is 16.5. The Hall–Kier alpha value is -2.89. The number of hydrogen-bond donors (Lipinski definition) is 0. The van der Waals surface area contributed by atoms with Crippen molar-refractivity contribution in [2.24, 2.45) is 0 Å². The summed E-state index contributed by atoms with van der Waals surface area (Å²) in [6, 6.07) is 8.16. The minimum absolute atomic E-state index is 0.185. The summed E-state index contributed by atoms with van der Waals surface area (Å²) in [6.07, 6.45) is 10.6. The van der Waals surface area contributed by atoms with E-state index in [9.17, 15) is 4.79 Å². The number of hydrogen-bond acceptors (Lipinski definition) is 4. The van der Waals surface area contributed by atoms with E-state index in [0.29, 0.717) is 12.2 Å². The first-order valence-electron chi connectivity index (χ1n) is 12.2. The summed E-state index contributed by atoms with van der Waals surface area (Å²) in [5.74, 6) is 1.41. The van der Waals surface area contributed by atoms with Crippen molar-refractivity contribution in [1.29, 1.82) is 0 Å². The molecule has 0 unspecified atom stereocenters. The van der Waals surface area contributed by atoms with Crippen molar-refractivity contribution in [3.05, 3.63) is 36.3 Å². The van der Waals surface area contributed by atoms with Gasteiger partial charge in [-0.1, -0.05) is 58.6 Å². The van der Waals surface area contributed by atoms with E-state index in [4.69, 9.17) is 14.7 Å². The van der Waals surface area contributed by atoms with Crippen LogP contribution in [0.3, 0.4) is 0 Å². The Morgan fingerprint density at radius 2 is 1.72 bits per heavy atom. The summed E-state index contributed by atoms with van der Waals surface area (Å²) in [5.41, 5.74) is 3.67. The van der Waals surface area contributed by atoms with Crippen LogP contribution in [0.25, 0.3) is 27.7 Å². The lowest BCUT2D eigenvalue weighted by molar-refractivity contribution is -0.134. The van der Waals surface area contributed by atoms with Gasteiger partial charge in [0.05, 0.1) is 11.0 Å². The van der Waals surface area contributed by atoms with Crippen LogP contribution in [0.4, 0.5) is 0 Å². The molecule has 6 heteroatoms. The fourth-order valence-electron chi connectivity index (χ4n) is 4.36. The average molecular weight is 435 g/mol. The number of imidazole rings is 1. The zero-order chi connectivity index (χ0) is 22.5. The van der Waals surface area contributed by atoms with Gasteiger partial charge in [-0.15, -0.1) is 0 Å². The van der Waals surface area contributed by atoms with Crippen LogP contribution < -0.4 is 4.74 Å². The second-order valence-corrected chi connectivity index (χ2v) is 8.56. The molecule has 1 aromatic carbocycles. The Morgan fingerprint density at radius 1 is 0.938 bits per heavy atom. The van der Waals surface area contributed by atoms with Gasteiger partial charge in [0.2, 0.25) is 0 Å². The molecule has 0 N–H and O–H groups in total. The minimum atomic E-state index is -0.185. The third-order valence-electron chi connectivity index (χ3n) is 5.97. The molecule has 0 saturated carbocycles. The summed E-state index contributed by atoms with van der Waals surface area (Å²) < 4.78 is 10.2. The fraction of sp³-hybridized carbons (Fsp3) is 0.500. The van der Waals surface area contributed by atoms with E-state index in [2.05, 4.69) is 35.8 Å². The SMILES string of the molecule is CCCCCC(=O)Oc1cn(CCC)c2nc(CCCCC)n3c4ccccc4nc3c12. The smallest absolute Gasteiger partial charge is 0.311 e. The maximum absolute atomic E-state index is 12.6. The van der Waals surface area contributed by atoms with Crippen molar-refractivity contribution in [3.63, 3.8) is 0 Å². The largest absolute Gasteiger partial charge is 0.424 e.